The highest BCUT2D eigenvalue weighted by Crippen LogP contribution is 2.34. The number of nitrogens with two attached hydrogens (primary N) is 1. The van der Waals surface area contributed by atoms with E-state index in [2.05, 4.69) is 4.90 Å². The van der Waals surface area contributed by atoms with Crippen molar-refractivity contribution < 1.29 is 9.13 Å². The van der Waals surface area contributed by atoms with Gasteiger partial charge >= 0.3 is 0 Å². The molecule has 1 aromatic carbocycles. The van der Waals surface area contributed by atoms with Crippen LogP contribution >= 0.6 is 0 Å². The van der Waals surface area contributed by atoms with Crippen molar-refractivity contribution in [2.24, 2.45) is 5.73 Å². The van der Waals surface area contributed by atoms with Crippen LogP contribution in [-0.4, -0.2) is 37.2 Å². The van der Waals surface area contributed by atoms with Gasteiger partial charge in [-0.25, -0.2) is 4.39 Å². The molecule has 1 fully saturated rings. The van der Waals surface area contributed by atoms with Crippen molar-refractivity contribution in [3.05, 3.63) is 35.6 Å². The van der Waals surface area contributed by atoms with Gasteiger partial charge in [0.05, 0.1) is 6.10 Å². The van der Waals surface area contributed by atoms with Crippen molar-refractivity contribution in [3.63, 3.8) is 0 Å². The van der Waals surface area contributed by atoms with Crippen molar-refractivity contribution in [2.75, 3.05) is 20.7 Å². The van der Waals surface area contributed by atoms with Crippen LogP contribution < -0.4 is 5.73 Å². The molecule has 1 saturated carbocycles. The summed E-state index contributed by atoms with van der Waals surface area (Å²) in [5.41, 5.74) is 6.74. The average molecular weight is 280 g/mol. The molecule has 2 N–H and O–H groups in total. The molecule has 112 valence electrons. The highest BCUT2D eigenvalue weighted by atomic mass is 19.1. The summed E-state index contributed by atoms with van der Waals surface area (Å²) >= 11 is 0. The SMILES string of the molecule is COC1CCC(CN)(N(C)Cc2ccccc2F)CC1. The van der Waals surface area contributed by atoms with Gasteiger partial charge in [0.25, 0.3) is 0 Å². The van der Waals surface area contributed by atoms with E-state index in [1.165, 1.54) is 6.07 Å². The van der Waals surface area contributed by atoms with Crippen LogP contribution in [0.5, 0.6) is 0 Å². The maximum atomic E-state index is 13.8. The van der Waals surface area contributed by atoms with E-state index in [0.29, 0.717) is 19.2 Å². The van der Waals surface area contributed by atoms with E-state index >= 15 is 0 Å². The minimum absolute atomic E-state index is 0.0304. The third-order valence-corrected chi connectivity index (χ3v) is 4.75. The summed E-state index contributed by atoms with van der Waals surface area (Å²) in [6, 6.07) is 6.96. The van der Waals surface area contributed by atoms with Gasteiger partial charge in [-0.15, -0.1) is 0 Å². The molecule has 1 aliphatic carbocycles. The molecule has 0 radical (unpaired) electrons. The van der Waals surface area contributed by atoms with E-state index in [4.69, 9.17) is 10.5 Å². The number of nitrogens with zero attached hydrogens (tertiary/aromatic N) is 1. The number of hydrogen-bond acceptors (Lipinski definition) is 3. The second-order valence-electron chi connectivity index (χ2n) is 5.81. The Balaban J connectivity index is 2.06. The predicted octanol–water partition coefficient (Wildman–Crippen LogP) is 2.54. The van der Waals surface area contributed by atoms with E-state index in [1.54, 1.807) is 13.2 Å². The summed E-state index contributed by atoms with van der Waals surface area (Å²) in [5, 5.41) is 0. The molecule has 3 nitrogen and oxygen atoms in total. The lowest BCUT2D eigenvalue weighted by molar-refractivity contribution is 0.000185. The van der Waals surface area contributed by atoms with Gasteiger partial charge in [0.2, 0.25) is 0 Å². The molecule has 0 atom stereocenters. The second-order valence-corrected chi connectivity index (χ2v) is 5.81. The number of halogens is 1. The quantitative estimate of drug-likeness (QED) is 0.901. The zero-order valence-electron chi connectivity index (χ0n) is 12.4. The summed E-state index contributed by atoms with van der Waals surface area (Å²) in [5.74, 6) is -0.142. The third-order valence-electron chi connectivity index (χ3n) is 4.75. The van der Waals surface area contributed by atoms with Crippen LogP contribution in [0, 0.1) is 5.82 Å². The van der Waals surface area contributed by atoms with E-state index in [1.807, 2.05) is 19.2 Å². The summed E-state index contributed by atoms with van der Waals surface area (Å²) in [6.07, 6.45) is 4.40. The Morgan fingerprint density at radius 3 is 2.55 bits per heavy atom. The van der Waals surface area contributed by atoms with Crippen LogP contribution in [0.1, 0.15) is 31.2 Å². The average Bonchev–Trinajstić information content (AvgIpc) is 2.49. The molecule has 0 heterocycles. The molecule has 0 amide bonds. The molecular weight excluding hydrogens is 255 g/mol. The molecule has 0 spiro atoms. The topological polar surface area (TPSA) is 38.5 Å². The normalized spacial score (nSPS) is 26.9. The van der Waals surface area contributed by atoms with Crippen LogP contribution in [0.15, 0.2) is 24.3 Å². The smallest absolute Gasteiger partial charge is 0.127 e. The Labute approximate surface area is 120 Å². The summed E-state index contributed by atoms with van der Waals surface area (Å²) < 4.78 is 19.2. The monoisotopic (exact) mass is 280 g/mol. The van der Waals surface area contributed by atoms with E-state index in [-0.39, 0.29) is 11.4 Å². The highest BCUT2D eigenvalue weighted by molar-refractivity contribution is 5.17. The predicted molar refractivity (Wildman–Crippen MR) is 78.9 cm³/mol. The molecular formula is C16H25FN2O. The zero-order valence-corrected chi connectivity index (χ0v) is 12.4. The Hall–Kier alpha value is -0.970. The fourth-order valence-electron chi connectivity index (χ4n) is 3.16. The van der Waals surface area contributed by atoms with E-state index < -0.39 is 0 Å². The van der Waals surface area contributed by atoms with Crippen LogP contribution in [0.3, 0.4) is 0 Å². The lowest BCUT2D eigenvalue weighted by Crippen LogP contribution is -2.54. The maximum Gasteiger partial charge on any atom is 0.127 e. The number of benzene rings is 1. The second kappa shape index (κ2) is 6.66. The molecule has 0 saturated heterocycles. The number of hydrogen-bond donors (Lipinski definition) is 1. The molecule has 1 aliphatic rings. The number of ether oxygens (including phenoxy) is 1. The molecule has 0 aromatic heterocycles. The first-order chi connectivity index (χ1) is 9.61. The molecule has 4 heteroatoms. The van der Waals surface area contributed by atoms with Crippen molar-refractivity contribution in [1.82, 2.24) is 4.90 Å². The molecule has 1 aromatic rings. The van der Waals surface area contributed by atoms with Crippen LogP contribution in [-0.2, 0) is 11.3 Å². The zero-order chi connectivity index (χ0) is 14.6. The first kappa shape index (κ1) is 15.4. The number of methoxy groups -OCH3 is 1. The van der Waals surface area contributed by atoms with Gasteiger partial charge in [-0.05, 0) is 38.8 Å². The minimum Gasteiger partial charge on any atom is -0.381 e. The van der Waals surface area contributed by atoms with Crippen molar-refractivity contribution in [1.29, 1.82) is 0 Å². The summed E-state index contributed by atoms with van der Waals surface area (Å²) in [7, 11) is 3.82. The first-order valence-corrected chi connectivity index (χ1v) is 7.29. The van der Waals surface area contributed by atoms with Crippen LogP contribution in [0.25, 0.3) is 0 Å². The van der Waals surface area contributed by atoms with Gasteiger partial charge < -0.3 is 10.5 Å². The van der Waals surface area contributed by atoms with Gasteiger partial charge in [0.1, 0.15) is 5.82 Å². The number of rotatable bonds is 5. The highest BCUT2D eigenvalue weighted by Gasteiger charge is 2.37. The molecule has 0 bridgehead atoms. The third kappa shape index (κ3) is 3.19. The lowest BCUT2D eigenvalue weighted by Gasteiger charge is -2.45. The molecule has 2 rings (SSSR count). The minimum atomic E-state index is -0.142. The van der Waals surface area contributed by atoms with Gasteiger partial charge in [0.15, 0.2) is 0 Å². The molecule has 0 unspecified atom stereocenters. The summed E-state index contributed by atoms with van der Waals surface area (Å²) in [6.45, 7) is 1.20. The van der Waals surface area contributed by atoms with Gasteiger partial charge in [-0.1, -0.05) is 18.2 Å². The Morgan fingerprint density at radius 2 is 2.00 bits per heavy atom. The van der Waals surface area contributed by atoms with Gasteiger partial charge in [0, 0.05) is 31.3 Å². The van der Waals surface area contributed by atoms with E-state index in [0.717, 1.165) is 31.2 Å². The van der Waals surface area contributed by atoms with Crippen molar-refractivity contribution >= 4 is 0 Å². The Bertz CT molecular complexity index is 430. The largest absolute Gasteiger partial charge is 0.381 e. The fourth-order valence-corrected chi connectivity index (χ4v) is 3.16. The molecule has 0 aliphatic heterocycles. The van der Waals surface area contributed by atoms with Crippen LogP contribution in [0.2, 0.25) is 0 Å². The molecule has 20 heavy (non-hydrogen) atoms. The maximum absolute atomic E-state index is 13.8. The summed E-state index contributed by atoms with van der Waals surface area (Å²) in [4.78, 5) is 2.22. The Morgan fingerprint density at radius 1 is 1.35 bits per heavy atom. The Kier molecular flexibility index (Phi) is 5.13. The van der Waals surface area contributed by atoms with Crippen LogP contribution in [0.4, 0.5) is 4.39 Å². The van der Waals surface area contributed by atoms with Crippen molar-refractivity contribution in [3.8, 4) is 0 Å². The lowest BCUT2D eigenvalue weighted by atomic mass is 9.79. The van der Waals surface area contributed by atoms with Crippen molar-refractivity contribution in [2.45, 2.75) is 43.9 Å². The fraction of sp³-hybridized carbons (Fsp3) is 0.625. The van der Waals surface area contributed by atoms with Gasteiger partial charge in [-0.3, -0.25) is 4.90 Å². The van der Waals surface area contributed by atoms with Gasteiger partial charge in [-0.2, -0.15) is 0 Å². The van der Waals surface area contributed by atoms with E-state index in [9.17, 15) is 4.39 Å². The first-order valence-electron chi connectivity index (χ1n) is 7.29. The standard InChI is InChI=1S/C16H25FN2O/c1-19(11-13-5-3-4-6-15(13)17)16(12-18)9-7-14(20-2)8-10-16/h3-6,14H,7-12,18H2,1-2H3. The number of likely N-dealkylation sites (N-methyl/N-ethyl adjacent to an activating group) is 1.